The maximum atomic E-state index is 12.3. The van der Waals surface area contributed by atoms with Crippen molar-refractivity contribution in [2.24, 2.45) is 0 Å². The Morgan fingerprint density at radius 1 is 0.868 bits per heavy atom. The summed E-state index contributed by atoms with van der Waals surface area (Å²) in [7, 11) is 1.64. The lowest BCUT2D eigenvalue weighted by Crippen LogP contribution is -2.39. The fourth-order valence-corrected chi connectivity index (χ4v) is 4.19. The third-order valence-electron chi connectivity index (χ3n) is 5.97. The molecule has 0 aliphatic heterocycles. The number of nitrogens with zero attached hydrogens (tertiary/aromatic N) is 1. The van der Waals surface area contributed by atoms with Gasteiger partial charge >= 0.3 is 0 Å². The van der Waals surface area contributed by atoms with Crippen LogP contribution in [-0.2, 0) is 4.74 Å². The van der Waals surface area contributed by atoms with E-state index in [2.05, 4.69) is 22.3 Å². The predicted molar refractivity (Wildman–Crippen MR) is 152 cm³/mol. The Balaban J connectivity index is 1.69. The molecule has 0 aromatic heterocycles. The molecule has 1 unspecified atom stereocenters. The lowest BCUT2D eigenvalue weighted by molar-refractivity contribution is 0.0688. The summed E-state index contributed by atoms with van der Waals surface area (Å²) in [4.78, 5) is 26.7. The highest BCUT2D eigenvalue weighted by molar-refractivity contribution is 5.74. The third kappa shape index (κ3) is 6.23. The van der Waals surface area contributed by atoms with Crippen molar-refractivity contribution in [3.8, 4) is 11.5 Å². The third-order valence-corrected chi connectivity index (χ3v) is 5.97. The molecule has 0 aliphatic rings. The zero-order chi connectivity index (χ0) is 27.3. The van der Waals surface area contributed by atoms with Gasteiger partial charge in [-0.05, 0) is 75.7 Å². The molecule has 0 saturated heterocycles. The molecule has 0 spiro atoms. The van der Waals surface area contributed by atoms with Crippen molar-refractivity contribution in [2.75, 3.05) is 30.5 Å². The summed E-state index contributed by atoms with van der Waals surface area (Å²) in [6, 6.07) is 25.7. The molecule has 1 atom stereocenters. The van der Waals surface area contributed by atoms with E-state index in [1.807, 2.05) is 94.4 Å². The first kappa shape index (κ1) is 26.9. The Kier molecular flexibility index (Phi) is 8.17. The average molecular weight is 515 g/mol. The number of hydrogen-bond acceptors (Lipinski definition) is 7. The number of rotatable bonds is 11. The van der Waals surface area contributed by atoms with E-state index in [4.69, 9.17) is 14.2 Å². The molecule has 198 valence electrons. The second-order valence-corrected chi connectivity index (χ2v) is 9.92. The number of methoxy groups -OCH3 is 1. The van der Waals surface area contributed by atoms with Gasteiger partial charge in [-0.1, -0.05) is 36.4 Å². The lowest BCUT2D eigenvalue weighted by Gasteiger charge is -2.30. The van der Waals surface area contributed by atoms with Crippen LogP contribution in [0.2, 0.25) is 0 Å². The molecule has 0 fully saturated rings. The summed E-state index contributed by atoms with van der Waals surface area (Å²) in [5, 5.41) is 3.11. The molecule has 0 saturated carbocycles. The Labute approximate surface area is 223 Å². The van der Waals surface area contributed by atoms with Gasteiger partial charge in [0.1, 0.15) is 23.1 Å². The zero-order valence-corrected chi connectivity index (χ0v) is 22.5. The highest BCUT2D eigenvalue weighted by atomic mass is 16.5. The lowest BCUT2D eigenvalue weighted by atomic mass is 10.1. The fraction of sp³-hybridized carbons (Fsp3) is 0.290. The quantitative estimate of drug-likeness (QED) is 0.241. The van der Waals surface area contributed by atoms with Crippen molar-refractivity contribution < 1.29 is 14.2 Å². The molecule has 4 aromatic carbocycles. The van der Waals surface area contributed by atoms with E-state index in [0.29, 0.717) is 18.8 Å². The highest BCUT2D eigenvalue weighted by Gasteiger charge is 2.27. The SMILES string of the molecule is CCOC(CN(c1ccc(OC)cc1)c1cccc(Nc2c(OC(C)(C)C)c(=O)c2=O)c1)c1ccccc1. The maximum absolute atomic E-state index is 12.3. The normalized spacial score (nSPS) is 12.2. The molecule has 4 aromatic rings. The van der Waals surface area contributed by atoms with E-state index < -0.39 is 16.5 Å². The Bertz CT molecular complexity index is 1420. The van der Waals surface area contributed by atoms with Crippen LogP contribution >= 0.6 is 0 Å². The molecule has 7 heteroatoms. The van der Waals surface area contributed by atoms with Crippen molar-refractivity contribution >= 4 is 22.7 Å². The van der Waals surface area contributed by atoms with Gasteiger partial charge in [0.25, 0.3) is 10.9 Å². The molecule has 0 bridgehead atoms. The average Bonchev–Trinajstić information content (AvgIpc) is 2.93. The van der Waals surface area contributed by atoms with Crippen molar-refractivity contribution in [3.05, 3.63) is 105 Å². The van der Waals surface area contributed by atoms with Gasteiger partial charge in [-0.25, -0.2) is 0 Å². The minimum absolute atomic E-state index is 0.0698. The molecule has 1 N–H and O–H groups in total. The van der Waals surface area contributed by atoms with Gasteiger partial charge in [-0.3, -0.25) is 9.59 Å². The Morgan fingerprint density at radius 3 is 2.21 bits per heavy atom. The standard InChI is InChI=1S/C31H34N2O5/c1-6-37-26(21-11-8-7-9-12-21)20-33(23-15-17-25(36-5)18-16-23)24-14-10-13-22(19-24)32-27-28(34)29(35)30(27)38-31(2,3)4/h7-19,26,32H,6,20H2,1-5H3. The first-order valence-corrected chi connectivity index (χ1v) is 12.7. The summed E-state index contributed by atoms with van der Waals surface area (Å²) < 4.78 is 17.3. The van der Waals surface area contributed by atoms with Gasteiger partial charge < -0.3 is 24.4 Å². The smallest absolute Gasteiger partial charge is 0.272 e. The second-order valence-electron chi connectivity index (χ2n) is 9.92. The van der Waals surface area contributed by atoms with Crippen LogP contribution in [0.5, 0.6) is 11.5 Å². The Morgan fingerprint density at radius 2 is 1.58 bits per heavy atom. The molecule has 0 radical (unpaired) electrons. The summed E-state index contributed by atoms with van der Waals surface area (Å²) in [6.45, 7) is 8.61. The van der Waals surface area contributed by atoms with Crippen LogP contribution in [0.25, 0.3) is 0 Å². The Hall–Kier alpha value is -4.10. The molecule has 0 heterocycles. The van der Waals surface area contributed by atoms with Gasteiger partial charge in [0.05, 0.1) is 13.7 Å². The minimum atomic E-state index is -0.610. The van der Waals surface area contributed by atoms with Gasteiger partial charge in [0, 0.05) is 23.7 Å². The summed E-state index contributed by atoms with van der Waals surface area (Å²) in [6.07, 6.45) is -0.180. The number of benzene rings is 3. The molecule has 0 amide bonds. The van der Waals surface area contributed by atoms with Crippen LogP contribution in [-0.4, -0.2) is 25.9 Å². The fourth-order valence-electron chi connectivity index (χ4n) is 4.19. The monoisotopic (exact) mass is 514 g/mol. The van der Waals surface area contributed by atoms with Crippen molar-refractivity contribution in [3.63, 3.8) is 0 Å². The number of hydrogen-bond donors (Lipinski definition) is 1. The summed E-state index contributed by atoms with van der Waals surface area (Å²) in [5.74, 6) is 0.834. The van der Waals surface area contributed by atoms with Crippen LogP contribution in [0.4, 0.5) is 22.7 Å². The van der Waals surface area contributed by atoms with Crippen molar-refractivity contribution in [1.82, 2.24) is 0 Å². The minimum Gasteiger partial charge on any atom is -0.497 e. The van der Waals surface area contributed by atoms with E-state index >= 15 is 0 Å². The van der Waals surface area contributed by atoms with E-state index in [-0.39, 0.29) is 17.5 Å². The molecule has 4 rings (SSSR count). The number of nitrogens with one attached hydrogen (secondary N) is 1. The molecule has 0 aliphatic carbocycles. The summed E-state index contributed by atoms with van der Waals surface area (Å²) in [5.41, 5.74) is 1.97. The van der Waals surface area contributed by atoms with Crippen LogP contribution in [0.1, 0.15) is 39.4 Å². The van der Waals surface area contributed by atoms with Crippen LogP contribution in [0.3, 0.4) is 0 Å². The molecule has 38 heavy (non-hydrogen) atoms. The first-order valence-electron chi connectivity index (χ1n) is 12.7. The molecule has 7 nitrogen and oxygen atoms in total. The number of anilines is 4. The second kappa shape index (κ2) is 11.5. The van der Waals surface area contributed by atoms with Crippen LogP contribution in [0, 0.1) is 0 Å². The van der Waals surface area contributed by atoms with E-state index in [0.717, 1.165) is 22.7 Å². The van der Waals surface area contributed by atoms with Gasteiger partial charge in [-0.15, -0.1) is 0 Å². The number of ether oxygens (including phenoxy) is 3. The van der Waals surface area contributed by atoms with Crippen molar-refractivity contribution in [1.29, 1.82) is 0 Å². The van der Waals surface area contributed by atoms with Crippen molar-refractivity contribution in [2.45, 2.75) is 39.4 Å². The van der Waals surface area contributed by atoms with Gasteiger partial charge in [0.15, 0.2) is 5.75 Å². The molecular weight excluding hydrogens is 480 g/mol. The largest absolute Gasteiger partial charge is 0.497 e. The first-order chi connectivity index (χ1) is 18.2. The van der Waals surface area contributed by atoms with Gasteiger partial charge in [-0.2, -0.15) is 0 Å². The van der Waals surface area contributed by atoms with Crippen LogP contribution in [0.15, 0.2) is 88.5 Å². The van der Waals surface area contributed by atoms with E-state index in [9.17, 15) is 9.59 Å². The predicted octanol–water partition coefficient (Wildman–Crippen LogP) is 6.13. The van der Waals surface area contributed by atoms with Crippen LogP contribution < -0.4 is 30.5 Å². The highest BCUT2D eigenvalue weighted by Crippen LogP contribution is 2.34. The van der Waals surface area contributed by atoms with Gasteiger partial charge in [0.2, 0.25) is 0 Å². The zero-order valence-electron chi connectivity index (χ0n) is 22.5. The van der Waals surface area contributed by atoms with E-state index in [1.165, 1.54) is 0 Å². The topological polar surface area (TPSA) is 77.1 Å². The molecular formula is C31H34N2O5. The van der Waals surface area contributed by atoms with E-state index in [1.54, 1.807) is 7.11 Å². The maximum Gasteiger partial charge on any atom is 0.272 e. The summed E-state index contributed by atoms with van der Waals surface area (Å²) >= 11 is 0.